The van der Waals surface area contributed by atoms with Gasteiger partial charge in [-0.05, 0) is 71.8 Å². The zero-order chi connectivity index (χ0) is 48.6. The molecule has 0 radical (unpaired) electrons. The topological polar surface area (TPSA) is 328 Å². The van der Waals surface area contributed by atoms with Gasteiger partial charge in [0.25, 0.3) is 32.1 Å². The van der Waals surface area contributed by atoms with E-state index in [1.54, 1.807) is 0 Å². The van der Waals surface area contributed by atoms with Crippen molar-refractivity contribution in [2.45, 2.75) is 29.4 Å². The summed E-state index contributed by atoms with van der Waals surface area (Å²) in [6.45, 7) is -0.124. The van der Waals surface area contributed by atoms with Crippen LogP contribution in [0.25, 0.3) is 12.2 Å². The zero-order valence-corrected chi connectivity index (χ0v) is 39.4. The van der Waals surface area contributed by atoms with Crippen molar-refractivity contribution in [1.29, 1.82) is 0 Å². The molecule has 0 bridgehead atoms. The summed E-state index contributed by atoms with van der Waals surface area (Å²) in [5.74, 6) is -2.01. The Morgan fingerprint density at radius 3 is 1.12 bits per heavy atom. The molecule has 66 heavy (non-hydrogen) atoms. The molecule has 356 valence electrons. The molecule has 28 heteroatoms. The van der Waals surface area contributed by atoms with Crippen molar-refractivity contribution < 1.29 is 78.7 Å². The summed E-state index contributed by atoms with van der Waals surface area (Å²) in [4.78, 5) is 22.7. The molecule has 0 atom stereocenters. The van der Waals surface area contributed by atoms with Crippen molar-refractivity contribution in [3.8, 4) is 0 Å². The fourth-order valence-electron chi connectivity index (χ4n) is 6.70. The predicted molar refractivity (Wildman–Crippen MR) is 236 cm³/mol. The van der Waals surface area contributed by atoms with Crippen LogP contribution in [0.4, 0.5) is 11.4 Å². The number of nitrogens with one attached hydrogen (secondary N) is 2. The number of carbonyl (C=O) groups is 2. The molecule has 0 unspecified atom stereocenters. The maximum absolute atomic E-state index is 13.5. The average Bonchev–Trinajstić information content (AvgIpc) is 3.25. The summed E-state index contributed by atoms with van der Waals surface area (Å²) in [7, 11) is -27.3. The van der Waals surface area contributed by atoms with Crippen molar-refractivity contribution in [1.82, 2.24) is 8.61 Å². The summed E-state index contributed by atoms with van der Waals surface area (Å²) in [5.41, 5.74) is -1.71. The molecule has 2 fully saturated rings. The van der Waals surface area contributed by atoms with Crippen molar-refractivity contribution in [3.05, 3.63) is 95.1 Å². The molecule has 4 aromatic rings. The highest BCUT2D eigenvalue weighted by molar-refractivity contribution is 7.93. The highest BCUT2D eigenvalue weighted by Crippen LogP contribution is 2.31. The fraction of sp³-hybridized carbons (Fsp3) is 0.263. The normalized spacial score (nSPS) is 16.2. The van der Waals surface area contributed by atoms with E-state index in [1.807, 2.05) is 0 Å². The molecule has 2 aliphatic heterocycles. The van der Waals surface area contributed by atoms with Gasteiger partial charge in [0.15, 0.2) is 19.7 Å². The standard InChI is InChI=1S/C38H40N4O18S6/c1-61(45,46)31-11-7-27(21-35(31)63(49,50)41-13-17-59-18-14-41)37(43)39-29-9-5-25(33(23-29)65(53,54)55)3-4-26-6-10-30(24-34(26)66(56,57)58)40-38(44)28-8-12-32(62(2,47)48)36(22-28)64(51,52)42-15-19-60-20-16-42/h3-12,21-24H,13-20H2,1-2H3,(H,39,43)(H,40,44)(H,53,54,55)(H,56,57,58)/b4-3+. The Hall–Kier alpha value is -4.98. The molecular formula is C38H40N4O18S6. The van der Waals surface area contributed by atoms with E-state index >= 15 is 0 Å². The third kappa shape index (κ3) is 11.4. The molecule has 4 N–H and O–H groups in total. The first-order valence-electron chi connectivity index (χ1n) is 19.0. The van der Waals surface area contributed by atoms with E-state index in [0.29, 0.717) is 0 Å². The van der Waals surface area contributed by atoms with E-state index < -0.39 is 101 Å². The van der Waals surface area contributed by atoms with Crippen LogP contribution >= 0.6 is 0 Å². The molecule has 22 nitrogen and oxygen atoms in total. The maximum atomic E-state index is 13.5. The number of hydrogen-bond acceptors (Lipinski definition) is 16. The number of ether oxygens (including phenoxy) is 2. The highest BCUT2D eigenvalue weighted by atomic mass is 32.2. The van der Waals surface area contributed by atoms with Gasteiger partial charge in [0.1, 0.15) is 19.6 Å². The van der Waals surface area contributed by atoms with Crippen molar-refractivity contribution in [3.63, 3.8) is 0 Å². The van der Waals surface area contributed by atoms with Gasteiger partial charge >= 0.3 is 0 Å². The average molecular weight is 1030 g/mol. The molecule has 2 amide bonds. The summed E-state index contributed by atoms with van der Waals surface area (Å²) in [6, 6.07) is 11.9. The van der Waals surface area contributed by atoms with Crippen LogP contribution in [-0.4, -0.2) is 145 Å². The van der Waals surface area contributed by atoms with Crippen LogP contribution in [0.2, 0.25) is 0 Å². The molecule has 4 aromatic carbocycles. The monoisotopic (exact) mass is 1030 g/mol. The molecule has 0 aromatic heterocycles. The van der Waals surface area contributed by atoms with E-state index in [0.717, 1.165) is 93.9 Å². The van der Waals surface area contributed by atoms with Gasteiger partial charge in [0.2, 0.25) is 20.0 Å². The first-order valence-corrected chi connectivity index (χ1v) is 28.5. The summed E-state index contributed by atoms with van der Waals surface area (Å²) in [6.07, 6.45) is 3.65. The quantitative estimate of drug-likeness (QED) is 0.103. The largest absolute Gasteiger partial charge is 0.379 e. The third-order valence-electron chi connectivity index (χ3n) is 9.93. The fourth-order valence-corrected chi connectivity index (χ4v) is 14.2. The minimum Gasteiger partial charge on any atom is -0.379 e. The number of benzene rings is 4. The second-order valence-electron chi connectivity index (χ2n) is 14.6. The molecule has 2 aliphatic rings. The molecule has 2 saturated heterocycles. The van der Waals surface area contributed by atoms with Gasteiger partial charge in [-0.2, -0.15) is 25.4 Å². The number of sulfone groups is 2. The SMILES string of the molecule is CS(=O)(=O)c1ccc(C(=O)Nc2ccc(/C=C/c3ccc(NC(=O)c4ccc(S(C)(=O)=O)c(S(=O)(=O)N5CCOCC5)c4)cc3S(=O)(=O)O)c(S(=O)(=O)O)c2)cc1S(=O)(=O)N1CCOCC1. The maximum Gasteiger partial charge on any atom is 0.295 e. The Balaban J connectivity index is 1.27. The van der Waals surface area contributed by atoms with E-state index in [4.69, 9.17) is 9.47 Å². The Kier molecular flexibility index (Phi) is 14.5. The summed E-state index contributed by atoms with van der Waals surface area (Å²) >= 11 is 0. The Morgan fingerprint density at radius 2 is 0.818 bits per heavy atom. The lowest BCUT2D eigenvalue weighted by atomic mass is 10.1. The van der Waals surface area contributed by atoms with Gasteiger partial charge in [-0.3, -0.25) is 18.7 Å². The van der Waals surface area contributed by atoms with Crippen molar-refractivity contribution >= 4 is 95.3 Å². The second-order valence-corrected chi connectivity index (χ2v) is 25.2. The van der Waals surface area contributed by atoms with Crippen LogP contribution in [0.1, 0.15) is 31.8 Å². The minimum absolute atomic E-state index is 0.0488. The summed E-state index contributed by atoms with van der Waals surface area (Å²) < 4.78 is 187. The minimum atomic E-state index is -5.10. The highest BCUT2D eigenvalue weighted by Gasteiger charge is 2.34. The number of anilines is 2. The molecule has 6 rings (SSSR count). The van der Waals surface area contributed by atoms with Crippen molar-refractivity contribution in [2.75, 3.05) is 75.8 Å². The van der Waals surface area contributed by atoms with Crippen LogP contribution in [0.5, 0.6) is 0 Å². The molecule has 2 heterocycles. The van der Waals surface area contributed by atoms with Crippen LogP contribution in [0.15, 0.2) is 102 Å². The van der Waals surface area contributed by atoms with Crippen molar-refractivity contribution in [2.24, 2.45) is 0 Å². The third-order valence-corrected chi connectivity index (χ3v) is 18.2. The van der Waals surface area contributed by atoms with Gasteiger partial charge in [0.05, 0.1) is 36.2 Å². The number of rotatable bonds is 14. The Labute approximate surface area is 380 Å². The summed E-state index contributed by atoms with van der Waals surface area (Å²) in [5, 5.41) is 4.72. The predicted octanol–water partition coefficient (Wildman–Crippen LogP) is 1.70. The number of nitrogens with zero attached hydrogens (tertiary/aromatic N) is 2. The van der Waals surface area contributed by atoms with E-state index in [-0.39, 0.29) is 86.2 Å². The van der Waals surface area contributed by atoms with Gasteiger partial charge in [-0.25, -0.2) is 33.7 Å². The molecule has 0 aliphatic carbocycles. The Morgan fingerprint density at radius 1 is 0.485 bits per heavy atom. The smallest absolute Gasteiger partial charge is 0.295 e. The van der Waals surface area contributed by atoms with Crippen LogP contribution in [-0.2, 0) is 69.4 Å². The number of morpholine rings is 2. The molecule has 0 saturated carbocycles. The Bertz CT molecular complexity index is 3120. The lowest BCUT2D eigenvalue weighted by molar-refractivity contribution is 0.0729. The van der Waals surface area contributed by atoms with Gasteiger partial charge in [-0.1, -0.05) is 24.3 Å². The molecular weight excluding hydrogens is 993 g/mol. The van der Waals surface area contributed by atoms with Crippen LogP contribution in [0, 0.1) is 0 Å². The number of sulfonamides is 2. The molecule has 0 spiro atoms. The van der Waals surface area contributed by atoms with Crippen LogP contribution in [0.3, 0.4) is 0 Å². The zero-order valence-electron chi connectivity index (χ0n) is 34.5. The number of carbonyl (C=O) groups excluding carboxylic acids is 2. The lowest BCUT2D eigenvalue weighted by Gasteiger charge is -2.27. The number of amides is 2. The van der Waals surface area contributed by atoms with E-state index in [9.17, 15) is 69.2 Å². The lowest BCUT2D eigenvalue weighted by Crippen LogP contribution is -2.41. The second kappa shape index (κ2) is 19.0. The van der Waals surface area contributed by atoms with Gasteiger partial charge < -0.3 is 20.1 Å². The van der Waals surface area contributed by atoms with Gasteiger partial charge in [-0.15, -0.1) is 0 Å². The number of hydrogen-bond donors (Lipinski definition) is 4. The van der Waals surface area contributed by atoms with E-state index in [1.165, 1.54) is 12.1 Å². The van der Waals surface area contributed by atoms with Gasteiger partial charge in [0, 0.05) is 61.2 Å². The first-order chi connectivity index (χ1) is 30.6. The first kappa shape index (κ1) is 50.4. The van der Waals surface area contributed by atoms with E-state index in [2.05, 4.69) is 10.6 Å². The van der Waals surface area contributed by atoms with Crippen LogP contribution < -0.4 is 10.6 Å².